The number of hydrogen-bond donors (Lipinski definition) is 0. The maximum absolute atomic E-state index is 5.82. The zero-order chi connectivity index (χ0) is 10.8. The predicted molar refractivity (Wildman–Crippen MR) is 54.6 cm³/mol. The number of ether oxygens (including phenoxy) is 4. The van der Waals surface area contributed by atoms with Gasteiger partial charge in [-0.2, -0.15) is 0 Å². The van der Waals surface area contributed by atoms with E-state index in [1.807, 2.05) is 0 Å². The van der Waals surface area contributed by atoms with Gasteiger partial charge in [-0.1, -0.05) is 13.8 Å². The molecule has 0 aromatic carbocycles. The summed E-state index contributed by atoms with van der Waals surface area (Å²) in [6.45, 7) is 5.69. The number of rotatable bonds is 4. The van der Waals surface area contributed by atoms with E-state index >= 15 is 0 Å². The van der Waals surface area contributed by atoms with Gasteiger partial charge in [-0.15, -0.1) is 0 Å². The lowest BCUT2D eigenvalue weighted by atomic mass is 10.0. The van der Waals surface area contributed by atoms with E-state index in [-0.39, 0.29) is 24.6 Å². The second kappa shape index (κ2) is 4.78. The highest BCUT2D eigenvalue weighted by Gasteiger charge is 2.44. The Morgan fingerprint density at radius 1 is 1.33 bits per heavy atom. The van der Waals surface area contributed by atoms with Crippen molar-refractivity contribution < 1.29 is 18.9 Å². The van der Waals surface area contributed by atoms with Crippen LogP contribution < -0.4 is 0 Å². The monoisotopic (exact) mass is 216 g/mol. The van der Waals surface area contributed by atoms with Crippen molar-refractivity contribution in [2.24, 2.45) is 5.92 Å². The summed E-state index contributed by atoms with van der Waals surface area (Å²) in [5, 5.41) is 0. The largest absolute Gasteiger partial charge is 0.376 e. The van der Waals surface area contributed by atoms with Crippen molar-refractivity contribution in [2.45, 2.75) is 44.9 Å². The van der Waals surface area contributed by atoms with Crippen LogP contribution in [-0.4, -0.2) is 44.9 Å². The Labute approximate surface area is 90.8 Å². The highest BCUT2D eigenvalue weighted by atomic mass is 16.7. The van der Waals surface area contributed by atoms with Crippen LogP contribution in [0, 0.1) is 5.92 Å². The highest BCUT2D eigenvalue weighted by molar-refractivity contribution is 4.87. The molecule has 2 aliphatic heterocycles. The van der Waals surface area contributed by atoms with E-state index in [1.165, 1.54) is 0 Å². The molecule has 4 heteroatoms. The summed E-state index contributed by atoms with van der Waals surface area (Å²) in [5.41, 5.74) is 0. The van der Waals surface area contributed by atoms with Crippen LogP contribution in [-0.2, 0) is 18.9 Å². The fourth-order valence-corrected chi connectivity index (χ4v) is 2.02. The van der Waals surface area contributed by atoms with Crippen LogP contribution in [0.5, 0.6) is 0 Å². The highest BCUT2D eigenvalue weighted by Crippen LogP contribution is 2.31. The molecule has 0 amide bonds. The molecule has 2 aliphatic rings. The molecular formula is C11H20O4. The third-order valence-electron chi connectivity index (χ3n) is 2.86. The molecule has 2 heterocycles. The quantitative estimate of drug-likeness (QED) is 0.707. The van der Waals surface area contributed by atoms with Gasteiger partial charge in [0.2, 0.25) is 0 Å². The molecule has 2 fully saturated rings. The molecule has 4 nitrogen and oxygen atoms in total. The molecule has 4 atom stereocenters. The van der Waals surface area contributed by atoms with Gasteiger partial charge in [-0.3, -0.25) is 0 Å². The smallest absolute Gasteiger partial charge is 0.184 e. The minimum atomic E-state index is -0.182. The topological polar surface area (TPSA) is 36.9 Å². The van der Waals surface area contributed by atoms with Crippen LogP contribution >= 0.6 is 0 Å². The van der Waals surface area contributed by atoms with E-state index < -0.39 is 0 Å². The molecular weight excluding hydrogens is 196 g/mol. The van der Waals surface area contributed by atoms with Gasteiger partial charge < -0.3 is 18.9 Å². The normalized spacial score (nSPS) is 40.0. The zero-order valence-electron chi connectivity index (χ0n) is 9.64. The second-order valence-corrected chi connectivity index (χ2v) is 4.65. The molecule has 0 aromatic heterocycles. The fraction of sp³-hybridized carbons (Fsp3) is 1.00. The molecule has 0 N–H and O–H groups in total. The Morgan fingerprint density at radius 2 is 2.13 bits per heavy atom. The summed E-state index contributed by atoms with van der Waals surface area (Å²) < 4.78 is 22.3. The Hall–Kier alpha value is -0.160. The average Bonchev–Trinajstić information content (AvgIpc) is 2.62. The molecule has 2 saturated heterocycles. The van der Waals surface area contributed by atoms with E-state index in [0.29, 0.717) is 12.5 Å². The summed E-state index contributed by atoms with van der Waals surface area (Å²) in [4.78, 5) is 0. The van der Waals surface area contributed by atoms with Crippen molar-refractivity contribution in [3.8, 4) is 0 Å². The van der Waals surface area contributed by atoms with Crippen molar-refractivity contribution in [3.63, 3.8) is 0 Å². The first-order valence-corrected chi connectivity index (χ1v) is 5.62. The summed E-state index contributed by atoms with van der Waals surface area (Å²) in [6, 6.07) is 0. The van der Waals surface area contributed by atoms with Gasteiger partial charge in [0, 0.05) is 20.1 Å². The summed E-state index contributed by atoms with van der Waals surface area (Å²) in [7, 11) is 1.69. The van der Waals surface area contributed by atoms with Gasteiger partial charge in [0.25, 0.3) is 0 Å². The molecule has 2 rings (SSSR count). The lowest BCUT2D eigenvalue weighted by Crippen LogP contribution is -2.44. The summed E-state index contributed by atoms with van der Waals surface area (Å²) >= 11 is 0. The fourth-order valence-electron chi connectivity index (χ4n) is 2.02. The van der Waals surface area contributed by atoms with Crippen molar-refractivity contribution in [1.29, 1.82) is 0 Å². The Kier molecular flexibility index (Phi) is 3.61. The first kappa shape index (κ1) is 11.3. The Bertz CT molecular complexity index is 207. The summed E-state index contributed by atoms with van der Waals surface area (Å²) in [6.07, 6.45) is 0.925. The molecule has 1 unspecified atom stereocenters. The first-order chi connectivity index (χ1) is 7.20. The zero-order valence-corrected chi connectivity index (χ0v) is 9.64. The maximum atomic E-state index is 5.82. The molecule has 0 radical (unpaired) electrons. The van der Waals surface area contributed by atoms with Crippen LogP contribution in [0.4, 0.5) is 0 Å². The predicted octanol–water partition coefficient (Wildman–Crippen LogP) is 1.19. The van der Waals surface area contributed by atoms with Gasteiger partial charge >= 0.3 is 0 Å². The van der Waals surface area contributed by atoms with Crippen LogP contribution in [0.2, 0.25) is 0 Å². The minimum Gasteiger partial charge on any atom is -0.376 e. The molecule has 0 saturated carbocycles. The van der Waals surface area contributed by atoms with Gasteiger partial charge in [0.1, 0.15) is 12.2 Å². The van der Waals surface area contributed by atoms with Crippen LogP contribution in [0.1, 0.15) is 20.3 Å². The third-order valence-corrected chi connectivity index (χ3v) is 2.86. The average molecular weight is 216 g/mol. The van der Waals surface area contributed by atoms with Crippen molar-refractivity contribution in [1.82, 2.24) is 0 Å². The van der Waals surface area contributed by atoms with Crippen molar-refractivity contribution in [3.05, 3.63) is 0 Å². The standard InChI is InChI=1S/C11H20O4/c1-7(2)5-13-8-4-9(12-3)11-14-6-10(8)15-11/h7-11H,4-6H2,1-3H3/t8-,9+,10+,11?/m0/s1. The molecule has 0 spiro atoms. The summed E-state index contributed by atoms with van der Waals surface area (Å²) in [5.74, 6) is 0.547. The van der Waals surface area contributed by atoms with E-state index in [1.54, 1.807) is 7.11 Å². The lowest BCUT2D eigenvalue weighted by Gasteiger charge is -2.33. The SMILES string of the molecule is CO[C@@H]1C[C@H](OCC(C)C)[C@H]2COC1O2. The Balaban J connectivity index is 1.88. The second-order valence-electron chi connectivity index (χ2n) is 4.65. The maximum Gasteiger partial charge on any atom is 0.184 e. The number of methoxy groups -OCH3 is 1. The van der Waals surface area contributed by atoms with Gasteiger partial charge in [0.15, 0.2) is 6.29 Å². The molecule has 15 heavy (non-hydrogen) atoms. The molecule has 88 valence electrons. The number of hydrogen-bond acceptors (Lipinski definition) is 4. The van der Waals surface area contributed by atoms with E-state index in [2.05, 4.69) is 13.8 Å². The Morgan fingerprint density at radius 3 is 2.80 bits per heavy atom. The molecule has 2 bridgehead atoms. The van der Waals surface area contributed by atoms with Crippen LogP contribution in [0.25, 0.3) is 0 Å². The number of fused-ring (bicyclic) bond motifs is 2. The van der Waals surface area contributed by atoms with Crippen molar-refractivity contribution in [2.75, 3.05) is 20.3 Å². The third kappa shape index (κ3) is 2.50. The lowest BCUT2D eigenvalue weighted by molar-refractivity contribution is -0.200. The minimum absolute atomic E-state index is 0.0147. The van der Waals surface area contributed by atoms with Gasteiger partial charge in [0.05, 0.1) is 12.7 Å². The van der Waals surface area contributed by atoms with Crippen LogP contribution in [0.3, 0.4) is 0 Å². The molecule has 0 aromatic rings. The van der Waals surface area contributed by atoms with Crippen LogP contribution in [0.15, 0.2) is 0 Å². The van der Waals surface area contributed by atoms with E-state index in [0.717, 1.165) is 13.0 Å². The molecule has 0 aliphatic carbocycles. The first-order valence-electron chi connectivity index (χ1n) is 5.62. The van der Waals surface area contributed by atoms with Gasteiger partial charge in [-0.05, 0) is 5.92 Å². The van der Waals surface area contributed by atoms with E-state index in [9.17, 15) is 0 Å². The van der Waals surface area contributed by atoms with Gasteiger partial charge in [-0.25, -0.2) is 0 Å². The van der Waals surface area contributed by atoms with E-state index in [4.69, 9.17) is 18.9 Å². The van der Waals surface area contributed by atoms with Crippen molar-refractivity contribution >= 4 is 0 Å².